The summed E-state index contributed by atoms with van der Waals surface area (Å²) in [5.74, 6) is -2.05. The number of esters is 1. The van der Waals surface area contributed by atoms with Crippen LogP contribution in [0, 0.1) is 17.8 Å². The van der Waals surface area contributed by atoms with Gasteiger partial charge in [-0.25, -0.2) is 0 Å². The molecule has 0 heterocycles. The number of ether oxygens (including phenoxy) is 2. The van der Waals surface area contributed by atoms with Crippen molar-refractivity contribution in [1.29, 1.82) is 0 Å². The van der Waals surface area contributed by atoms with Gasteiger partial charge in [-0.15, -0.1) is 0 Å². The van der Waals surface area contributed by atoms with E-state index in [4.69, 9.17) is 14.6 Å². The Labute approximate surface area is 133 Å². The van der Waals surface area contributed by atoms with Crippen molar-refractivity contribution in [3.05, 3.63) is 0 Å². The van der Waals surface area contributed by atoms with Crippen LogP contribution in [0.1, 0.15) is 52.4 Å². The third kappa shape index (κ3) is 5.81. The number of hydrogen-bond acceptors (Lipinski definition) is 4. The molecular formula is C16H27BO5. The van der Waals surface area contributed by atoms with Crippen LogP contribution in [0.3, 0.4) is 0 Å². The van der Waals surface area contributed by atoms with Crippen LogP contribution in [0.5, 0.6) is 0 Å². The number of hydrogen-bond donors (Lipinski definition) is 1. The fourth-order valence-corrected chi connectivity index (χ4v) is 2.62. The standard InChI is InChI=1S/C16H27BO5/c1-3-11(2)14(17)21-9-6-10-22-16(20)13-8-5-4-7-12(13)15(18)19/h11-13,17H,3-10H2,1-2H3,(H,18,19). The number of rotatable bonds is 9. The van der Waals surface area contributed by atoms with Crippen molar-refractivity contribution in [2.75, 3.05) is 13.2 Å². The van der Waals surface area contributed by atoms with Gasteiger partial charge in [0.2, 0.25) is 0 Å². The monoisotopic (exact) mass is 310 g/mol. The number of carboxylic acid groups (broad SMARTS) is 1. The summed E-state index contributed by atoms with van der Waals surface area (Å²) in [6.45, 7) is 4.85. The first-order valence-electron chi connectivity index (χ1n) is 8.18. The Kier molecular flexibility index (Phi) is 8.21. The molecule has 0 aromatic rings. The average molecular weight is 310 g/mol. The molecule has 0 spiro atoms. The van der Waals surface area contributed by atoms with Crippen LogP contribution < -0.4 is 0 Å². The Morgan fingerprint density at radius 1 is 1.18 bits per heavy atom. The number of aliphatic carboxylic acids is 1. The molecule has 124 valence electrons. The van der Waals surface area contributed by atoms with Gasteiger partial charge in [0.05, 0.1) is 0 Å². The second-order valence-electron chi connectivity index (χ2n) is 5.98. The van der Waals surface area contributed by atoms with Crippen molar-refractivity contribution in [3.63, 3.8) is 0 Å². The second kappa shape index (κ2) is 9.64. The first kappa shape index (κ1) is 18.7. The molecule has 0 aromatic carbocycles. The van der Waals surface area contributed by atoms with E-state index in [9.17, 15) is 9.59 Å². The van der Waals surface area contributed by atoms with Crippen molar-refractivity contribution in [1.82, 2.24) is 0 Å². The van der Waals surface area contributed by atoms with Gasteiger partial charge in [-0.3, -0.25) is 0 Å². The fraction of sp³-hybridized carbons (Fsp3) is 0.812. The van der Waals surface area contributed by atoms with Gasteiger partial charge in [-0.2, -0.15) is 0 Å². The SMILES string of the molecule is B=C(OCCCOC(=O)C1CCCCC1C(=O)O)C(C)CC. The zero-order chi connectivity index (χ0) is 16.5. The summed E-state index contributed by atoms with van der Waals surface area (Å²) in [5.41, 5.74) is 0.757. The van der Waals surface area contributed by atoms with E-state index in [1.165, 1.54) is 0 Å². The van der Waals surface area contributed by atoms with E-state index in [0.29, 0.717) is 31.8 Å². The average Bonchev–Trinajstić information content (AvgIpc) is 2.53. The van der Waals surface area contributed by atoms with Crippen molar-refractivity contribution in [3.8, 4) is 0 Å². The van der Waals surface area contributed by atoms with Gasteiger partial charge < -0.3 is 0 Å². The van der Waals surface area contributed by atoms with Gasteiger partial charge in [-0.05, 0) is 0 Å². The first-order chi connectivity index (χ1) is 10.5. The second-order valence-corrected chi connectivity index (χ2v) is 5.98. The third-order valence-corrected chi connectivity index (χ3v) is 4.37. The predicted molar refractivity (Wildman–Crippen MR) is 86.2 cm³/mol. The van der Waals surface area contributed by atoms with Crippen LogP contribution in [-0.4, -0.2) is 43.4 Å². The summed E-state index contributed by atoms with van der Waals surface area (Å²) in [5, 5.41) is 9.17. The van der Waals surface area contributed by atoms with Gasteiger partial charge in [0.1, 0.15) is 0 Å². The fourth-order valence-electron chi connectivity index (χ4n) is 2.62. The Morgan fingerprint density at radius 2 is 1.77 bits per heavy atom. The molecule has 22 heavy (non-hydrogen) atoms. The van der Waals surface area contributed by atoms with Crippen molar-refractivity contribution >= 4 is 25.1 Å². The topological polar surface area (TPSA) is 72.8 Å². The van der Waals surface area contributed by atoms with Crippen molar-refractivity contribution in [2.24, 2.45) is 17.8 Å². The molecule has 0 aliphatic heterocycles. The molecule has 0 radical (unpaired) electrons. The number of carboxylic acids is 1. The summed E-state index contributed by atoms with van der Waals surface area (Å²) in [6.07, 6.45) is 4.50. The normalized spacial score (nSPS) is 22.6. The molecule has 0 amide bonds. The maximum absolute atomic E-state index is 12.0. The molecule has 5 nitrogen and oxygen atoms in total. The van der Waals surface area contributed by atoms with Crippen molar-refractivity contribution in [2.45, 2.75) is 52.4 Å². The van der Waals surface area contributed by atoms with Gasteiger partial charge >= 0.3 is 133 Å². The van der Waals surface area contributed by atoms with Crippen LogP contribution in [0.25, 0.3) is 0 Å². The molecule has 1 saturated carbocycles. The van der Waals surface area contributed by atoms with E-state index in [2.05, 4.69) is 21.3 Å². The van der Waals surface area contributed by atoms with Crippen LogP contribution in [0.4, 0.5) is 0 Å². The molecule has 0 aromatic heterocycles. The molecule has 1 rings (SSSR count). The first-order valence-corrected chi connectivity index (χ1v) is 8.18. The molecule has 3 atom stereocenters. The van der Waals surface area contributed by atoms with Gasteiger partial charge in [0.25, 0.3) is 0 Å². The zero-order valence-corrected chi connectivity index (χ0v) is 13.7. The molecule has 1 aliphatic carbocycles. The van der Waals surface area contributed by atoms with Crippen LogP contribution >= 0.6 is 0 Å². The molecule has 3 unspecified atom stereocenters. The summed E-state index contributed by atoms with van der Waals surface area (Å²) in [6, 6.07) is 0. The number of carbonyl (C=O) groups is 2. The van der Waals surface area contributed by atoms with E-state index in [-0.39, 0.29) is 12.6 Å². The Balaban J connectivity index is 2.25. The Bertz CT molecular complexity index is 396. The number of carbonyl (C=O) groups excluding carboxylic acids is 1. The van der Waals surface area contributed by atoms with Gasteiger partial charge in [0, 0.05) is 0 Å². The predicted octanol–water partition coefficient (Wildman–Crippen LogP) is 1.90. The summed E-state index contributed by atoms with van der Waals surface area (Å²) < 4.78 is 10.7. The Hall–Kier alpha value is -1.33. The summed E-state index contributed by atoms with van der Waals surface area (Å²) >= 11 is 0. The van der Waals surface area contributed by atoms with E-state index in [1.807, 2.05) is 0 Å². The van der Waals surface area contributed by atoms with Crippen LogP contribution in [0.15, 0.2) is 0 Å². The van der Waals surface area contributed by atoms with E-state index >= 15 is 0 Å². The van der Waals surface area contributed by atoms with E-state index in [0.717, 1.165) is 24.9 Å². The quantitative estimate of drug-likeness (QED) is 0.400. The molecular weight excluding hydrogens is 283 g/mol. The van der Waals surface area contributed by atoms with Crippen molar-refractivity contribution < 1.29 is 24.2 Å². The minimum atomic E-state index is -0.894. The third-order valence-electron chi connectivity index (χ3n) is 4.37. The van der Waals surface area contributed by atoms with Crippen LogP contribution in [-0.2, 0) is 19.1 Å². The molecule has 1 fully saturated rings. The minimum absolute atomic E-state index is 0.259. The maximum atomic E-state index is 12.0. The molecule has 6 heteroatoms. The summed E-state index contributed by atoms with van der Waals surface area (Å²) in [7, 11) is 3.87. The van der Waals surface area contributed by atoms with E-state index in [1.54, 1.807) is 0 Å². The zero-order valence-electron chi connectivity index (χ0n) is 13.7. The van der Waals surface area contributed by atoms with Gasteiger partial charge in [0.15, 0.2) is 0 Å². The molecule has 1 aliphatic rings. The Morgan fingerprint density at radius 3 is 2.36 bits per heavy atom. The molecule has 1 N–H and O–H groups in total. The molecule has 0 bridgehead atoms. The molecule has 0 saturated heterocycles. The summed E-state index contributed by atoms with van der Waals surface area (Å²) in [4.78, 5) is 23.2. The van der Waals surface area contributed by atoms with Crippen LogP contribution in [0.2, 0.25) is 0 Å². The van der Waals surface area contributed by atoms with E-state index < -0.39 is 17.8 Å². The van der Waals surface area contributed by atoms with Gasteiger partial charge in [-0.1, -0.05) is 0 Å².